The van der Waals surface area contributed by atoms with E-state index in [9.17, 15) is 9.90 Å². The average molecular weight is 241 g/mol. The molecular weight excluding hydrogens is 214 g/mol. The molecule has 0 bridgehead atoms. The number of carbonyl (C=O) groups excluding carboxylic acids is 1. The summed E-state index contributed by atoms with van der Waals surface area (Å²) in [5.74, 6) is 0.851. The van der Waals surface area contributed by atoms with Crippen LogP contribution in [0.4, 0.5) is 0 Å². The molecule has 0 aromatic carbocycles. The van der Waals surface area contributed by atoms with Crippen LogP contribution in [0.25, 0.3) is 0 Å². The van der Waals surface area contributed by atoms with Gasteiger partial charge in [-0.3, -0.25) is 4.79 Å². The molecule has 1 amide bonds. The standard InChI is InChI=1S/C14H27NO2/c1-3-5-6-13(16)15-11-14(17)9-7-12(4-2)8-10-14/h12,17H,3-11H2,1-2H3,(H,15,16). The van der Waals surface area contributed by atoms with E-state index in [1.165, 1.54) is 6.42 Å². The fourth-order valence-corrected chi connectivity index (χ4v) is 2.49. The van der Waals surface area contributed by atoms with Crippen molar-refractivity contribution < 1.29 is 9.90 Å². The topological polar surface area (TPSA) is 49.3 Å². The molecule has 0 unspecified atom stereocenters. The quantitative estimate of drug-likeness (QED) is 0.751. The number of hydrogen-bond acceptors (Lipinski definition) is 2. The van der Waals surface area contributed by atoms with Gasteiger partial charge in [-0.05, 0) is 38.0 Å². The van der Waals surface area contributed by atoms with Gasteiger partial charge < -0.3 is 10.4 Å². The largest absolute Gasteiger partial charge is 0.388 e. The molecule has 100 valence electrons. The zero-order valence-corrected chi connectivity index (χ0v) is 11.3. The van der Waals surface area contributed by atoms with E-state index in [0.717, 1.165) is 44.4 Å². The Balaban J connectivity index is 2.24. The molecule has 0 heterocycles. The van der Waals surface area contributed by atoms with Crippen LogP contribution in [-0.4, -0.2) is 23.2 Å². The number of rotatable bonds is 6. The van der Waals surface area contributed by atoms with Crippen LogP contribution < -0.4 is 5.32 Å². The first-order valence-corrected chi connectivity index (χ1v) is 7.08. The summed E-state index contributed by atoms with van der Waals surface area (Å²) < 4.78 is 0. The zero-order chi connectivity index (χ0) is 12.7. The molecule has 3 nitrogen and oxygen atoms in total. The number of unbranched alkanes of at least 4 members (excludes halogenated alkanes) is 1. The van der Waals surface area contributed by atoms with Gasteiger partial charge in [0.05, 0.1) is 5.60 Å². The lowest BCUT2D eigenvalue weighted by Crippen LogP contribution is -2.45. The van der Waals surface area contributed by atoms with E-state index in [1.54, 1.807) is 0 Å². The Bertz CT molecular complexity index is 232. The van der Waals surface area contributed by atoms with Gasteiger partial charge in [0.2, 0.25) is 5.91 Å². The summed E-state index contributed by atoms with van der Waals surface area (Å²) in [6, 6.07) is 0. The number of nitrogens with one attached hydrogen (secondary N) is 1. The van der Waals surface area contributed by atoms with Gasteiger partial charge in [-0.15, -0.1) is 0 Å². The highest BCUT2D eigenvalue weighted by atomic mass is 16.3. The van der Waals surface area contributed by atoms with Crippen LogP contribution >= 0.6 is 0 Å². The van der Waals surface area contributed by atoms with Gasteiger partial charge >= 0.3 is 0 Å². The van der Waals surface area contributed by atoms with E-state index in [-0.39, 0.29) is 5.91 Å². The monoisotopic (exact) mass is 241 g/mol. The summed E-state index contributed by atoms with van der Waals surface area (Å²) in [4.78, 5) is 11.5. The maximum atomic E-state index is 11.5. The van der Waals surface area contributed by atoms with Crippen molar-refractivity contribution in [2.75, 3.05) is 6.54 Å². The summed E-state index contributed by atoms with van der Waals surface area (Å²) in [7, 11) is 0. The third kappa shape index (κ3) is 5.07. The molecule has 0 aromatic rings. The van der Waals surface area contributed by atoms with E-state index < -0.39 is 5.60 Å². The molecule has 0 spiro atoms. The molecule has 1 aliphatic carbocycles. The van der Waals surface area contributed by atoms with Crippen LogP contribution in [0.5, 0.6) is 0 Å². The molecule has 3 heteroatoms. The molecule has 1 fully saturated rings. The Kier molecular flexibility index (Phi) is 5.96. The molecule has 1 rings (SSSR count). The fraction of sp³-hybridized carbons (Fsp3) is 0.929. The number of amides is 1. The van der Waals surface area contributed by atoms with Crippen LogP contribution in [0, 0.1) is 5.92 Å². The first-order chi connectivity index (χ1) is 8.09. The smallest absolute Gasteiger partial charge is 0.220 e. The Hall–Kier alpha value is -0.570. The molecular formula is C14H27NO2. The van der Waals surface area contributed by atoms with Gasteiger partial charge in [0, 0.05) is 13.0 Å². The highest BCUT2D eigenvalue weighted by Gasteiger charge is 2.32. The van der Waals surface area contributed by atoms with Crippen molar-refractivity contribution in [3.8, 4) is 0 Å². The highest BCUT2D eigenvalue weighted by Crippen LogP contribution is 2.33. The summed E-state index contributed by atoms with van der Waals surface area (Å²) in [6.45, 7) is 4.72. The van der Waals surface area contributed by atoms with E-state index in [1.807, 2.05) is 0 Å². The molecule has 0 radical (unpaired) electrons. The van der Waals surface area contributed by atoms with Crippen LogP contribution in [0.3, 0.4) is 0 Å². The van der Waals surface area contributed by atoms with Gasteiger partial charge in [0.1, 0.15) is 0 Å². The second-order valence-corrected chi connectivity index (χ2v) is 5.46. The Morgan fingerprint density at radius 2 is 2.00 bits per heavy atom. The van der Waals surface area contributed by atoms with Crippen LogP contribution in [-0.2, 0) is 4.79 Å². The number of carbonyl (C=O) groups is 1. The van der Waals surface area contributed by atoms with Gasteiger partial charge in [-0.1, -0.05) is 26.7 Å². The van der Waals surface area contributed by atoms with E-state index in [0.29, 0.717) is 13.0 Å². The lowest BCUT2D eigenvalue weighted by Gasteiger charge is -2.35. The second kappa shape index (κ2) is 7.00. The van der Waals surface area contributed by atoms with E-state index in [2.05, 4.69) is 19.2 Å². The summed E-state index contributed by atoms with van der Waals surface area (Å²) in [5.41, 5.74) is -0.645. The van der Waals surface area contributed by atoms with Crippen molar-refractivity contribution in [1.29, 1.82) is 0 Å². The first-order valence-electron chi connectivity index (χ1n) is 7.08. The van der Waals surface area contributed by atoms with Crippen molar-refractivity contribution in [2.45, 2.75) is 70.8 Å². The van der Waals surface area contributed by atoms with E-state index in [4.69, 9.17) is 0 Å². The molecule has 0 aliphatic heterocycles. The minimum Gasteiger partial charge on any atom is -0.388 e. The highest BCUT2D eigenvalue weighted by molar-refractivity contribution is 5.75. The Morgan fingerprint density at radius 1 is 1.35 bits per heavy atom. The second-order valence-electron chi connectivity index (χ2n) is 5.46. The third-order valence-corrected chi connectivity index (χ3v) is 3.99. The van der Waals surface area contributed by atoms with Gasteiger partial charge in [-0.2, -0.15) is 0 Å². The molecule has 2 N–H and O–H groups in total. The molecule has 1 saturated carbocycles. The summed E-state index contributed by atoms with van der Waals surface area (Å²) in [6.07, 6.45) is 7.62. The van der Waals surface area contributed by atoms with Crippen molar-refractivity contribution in [1.82, 2.24) is 5.32 Å². The molecule has 0 saturated heterocycles. The van der Waals surface area contributed by atoms with Crippen molar-refractivity contribution in [2.24, 2.45) is 5.92 Å². The predicted molar refractivity (Wildman–Crippen MR) is 69.7 cm³/mol. The minimum atomic E-state index is -0.645. The average Bonchev–Trinajstić information content (AvgIpc) is 2.35. The SMILES string of the molecule is CCCCC(=O)NCC1(O)CCC(CC)CC1. The van der Waals surface area contributed by atoms with Crippen molar-refractivity contribution in [3.05, 3.63) is 0 Å². The van der Waals surface area contributed by atoms with Crippen LogP contribution in [0.1, 0.15) is 65.2 Å². The third-order valence-electron chi connectivity index (χ3n) is 3.99. The number of hydrogen-bond donors (Lipinski definition) is 2. The van der Waals surface area contributed by atoms with Gasteiger partial charge in [0.15, 0.2) is 0 Å². The fourth-order valence-electron chi connectivity index (χ4n) is 2.49. The normalized spacial score (nSPS) is 29.0. The predicted octanol–water partition coefficient (Wildman–Crippen LogP) is 2.62. The first kappa shape index (κ1) is 14.5. The summed E-state index contributed by atoms with van der Waals surface area (Å²) in [5, 5.41) is 13.2. The lowest BCUT2D eigenvalue weighted by atomic mass is 9.78. The maximum absolute atomic E-state index is 11.5. The minimum absolute atomic E-state index is 0.0814. The van der Waals surface area contributed by atoms with Crippen LogP contribution in [0.15, 0.2) is 0 Å². The van der Waals surface area contributed by atoms with Gasteiger partial charge in [-0.25, -0.2) is 0 Å². The lowest BCUT2D eigenvalue weighted by molar-refractivity contribution is -0.123. The molecule has 1 aliphatic rings. The van der Waals surface area contributed by atoms with Crippen molar-refractivity contribution in [3.63, 3.8) is 0 Å². The maximum Gasteiger partial charge on any atom is 0.220 e. The Morgan fingerprint density at radius 3 is 2.53 bits per heavy atom. The Labute approximate surface area is 105 Å². The molecule has 0 aromatic heterocycles. The van der Waals surface area contributed by atoms with Crippen LogP contribution in [0.2, 0.25) is 0 Å². The zero-order valence-electron chi connectivity index (χ0n) is 11.3. The number of aliphatic hydroxyl groups is 1. The molecule has 17 heavy (non-hydrogen) atoms. The molecule has 0 atom stereocenters. The van der Waals surface area contributed by atoms with Gasteiger partial charge in [0.25, 0.3) is 0 Å². The summed E-state index contributed by atoms with van der Waals surface area (Å²) >= 11 is 0. The van der Waals surface area contributed by atoms with E-state index >= 15 is 0 Å². The van der Waals surface area contributed by atoms with Crippen molar-refractivity contribution >= 4 is 5.91 Å².